The Bertz CT molecular complexity index is 809. The molecule has 0 aliphatic rings. The second kappa shape index (κ2) is 4.61. The van der Waals surface area contributed by atoms with Crippen LogP contribution in [0.15, 0.2) is 36.5 Å². The zero-order chi connectivity index (χ0) is 14.3. The van der Waals surface area contributed by atoms with Crippen molar-refractivity contribution in [2.45, 2.75) is 6.92 Å². The number of carbonyl (C=O) groups is 1. The molecule has 0 aliphatic heterocycles. The van der Waals surface area contributed by atoms with Crippen LogP contribution in [0.3, 0.4) is 0 Å². The lowest BCUT2D eigenvalue weighted by Gasteiger charge is -2.01. The Labute approximate surface area is 119 Å². The van der Waals surface area contributed by atoms with E-state index in [2.05, 4.69) is 10.1 Å². The molecule has 100 valence electrons. The lowest BCUT2D eigenvalue weighted by molar-refractivity contribution is 0.0691. The van der Waals surface area contributed by atoms with Crippen LogP contribution in [0.25, 0.3) is 16.8 Å². The van der Waals surface area contributed by atoms with Crippen molar-refractivity contribution in [2.75, 3.05) is 0 Å². The summed E-state index contributed by atoms with van der Waals surface area (Å²) in [5.74, 6) is -1.09. The van der Waals surface area contributed by atoms with E-state index in [-0.39, 0.29) is 5.69 Å². The molecule has 2 aromatic heterocycles. The third-order valence-electron chi connectivity index (χ3n) is 2.96. The number of halogens is 1. The Hall–Kier alpha value is -2.40. The fourth-order valence-electron chi connectivity index (χ4n) is 2.05. The van der Waals surface area contributed by atoms with Crippen molar-refractivity contribution in [3.8, 4) is 11.1 Å². The van der Waals surface area contributed by atoms with Gasteiger partial charge < -0.3 is 5.11 Å². The van der Waals surface area contributed by atoms with Gasteiger partial charge in [0.05, 0.1) is 5.56 Å². The summed E-state index contributed by atoms with van der Waals surface area (Å²) >= 11 is 5.87. The number of carboxylic acids is 1. The maximum Gasteiger partial charge on any atom is 0.357 e. The van der Waals surface area contributed by atoms with Crippen LogP contribution in [0.2, 0.25) is 5.02 Å². The SMILES string of the molecule is Cc1ccn2nc(C(=O)O)c(-c3ccc(Cl)cc3)c2n1. The maximum atomic E-state index is 11.4. The standard InChI is InChI=1S/C14H10ClN3O2/c1-8-6-7-18-13(16-8)11(12(17-18)14(19)20)9-2-4-10(15)5-3-9/h2-7H,1H3,(H,19,20). The molecule has 0 atom stereocenters. The lowest BCUT2D eigenvalue weighted by atomic mass is 10.1. The Balaban J connectivity index is 2.36. The predicted molar refractivity (Wildman–Crippen MR) is 75.1 cm³/mol. The Morgan fingerprint density at radius 2 is 1.95 bits per heavy atom. The molecule has 0 unspecified atom stereocenters. The number of aromatic nitrogens is 3. The van der Waals surface area contributed by atoms with Gasteiger partial charge in [-0.25, -0.2) is 14.3 Å². The molecule has 0 fully saturated rings. The highest BCUT2D eigenvalue weighted by atomic mass is 35.5. The van der Waals surface area contributed by atoms with Gasteiger partial charge in [0.25, 0.3) is 0 Å². The first-order valence-electron chi connectivity index (χ1n) is 5.91. The smallest absolute Gasteiger partial charge is 0.357 e. The average molecular weight is 288 g/mol. The Kier molecular flexibility index (Phi) is 2.91. The number of aromatic carboxylic acids is 1. The molecular weight excluding hydrogens is 278 g/mol. The van der Waals surface area contributed by atoms with Crippen LogP contribution in [0.5, 0.6) is 0 Å². The molecule has 3 rings (SSSR count). The second-order valence-corrected chi connectivity index (χ2v) is 4.81. The first-order valence-corrected chi connectivity index (χ1v) is 6.29. The highest BCUT2D eigenvalue weighted by molar-refractivity contribution is 6.30. The molecule has 0 spiro atoms. The first kappa shape index (κ1) is 12.6. The minimum Gasteiger partial charge on any atom is -0.476 e. The number of hydrogen-bond donors (Lipinski definition) is 1. The fourth-order valence-corrected chi connectivity index (χ4v) is 2.18. The van der Waals surface area contributed by atoms with Gasteiger partial charge in [-0.3, -0.25) is 0 Å². The molecular formula is C14H10ClN3O2. The van der Waals surface area contributed by atoms with Gasteiger partial charge in [0.2, 0.25) is 0 Å². The van der Waals surface area contributed by atoms with E-state index in [0.717, 1.165) is 11.3 Å². The molecule has 0 amide bonds. The van der Waals surface area contributed by atoms with Crippen LogP contribution >= 0.6 is 11.6 Å². The van der Waals surface area contributed by atoms with E-state index < -0.39 is 5.97 Å². The van der Waals surface area contributed by atoms with Gasteiger partial charge in [-0.2, -0.15) is 5.10 Å². The number of fused-ring (bicyclic) bond motifs is 1. The zero-order valence-electron chi connectivity index (χ0n) is 10.5. The third-order valence-corrected chi connectivity index (χ3v) is 3.21. The average Bonchev–Trinajstić information content (AvgIpc) is 2.78. The number of benzene rings is 1. The number of carboxylic acid groups (broad SMARTS) is 1. The highest BCUT2D eigenvalue weighted by Crippen LogP contribution is 2.28. The van der Waals surface area contributed by atoms with Crippen LogP contribution in [-0.4, -0.2) is 25.7 Å². The predicted octanol–water partition coefficient (Wildman–Crippen LogP) is 3.06. The van der Waals surface area contributed by atoms with Gasteiger partial charge >= 0.3 is 5.97 Å². The van der Waals surface area contributed by atoms with E-state index in [1.54, 1.807) is 36.5 Å². The van der Waals surface area contributed by atoms with E-state index in [1.165, 1.54) is 4.52 Å². The molecule has 0 aliphatic carbocycles. The molecule has 1 aromatic carbocycles. The van der Waals surface area contributed by atoms with Crippen molar-refractivity contribution in [1.29, 1.82) is 0 Å². The van der Waals surface area contributed by atoms with Gasteiger partial charge in [0, 0.05) is 16.9 Å². The first-order chi connectivity index (χ1) is 9.56. The maximum absolute atomic E-state index is 11.4. The number of hydrogen-bond acceptors (Lipinski definition) is 3. The quantitative estimate of drug-likeness (QED) is 0.786. The summed E-state index contributed by atoms with van der Waals surface area (Å²) in [6, 6.07) is 8.71. The summed E-state index contributed by atoms with van der Waals surface area (Å²) < 4.78 is 1.47. The fraction of sp³-hybridized carbons (Fsp3) is 0.0714. The summed E-state index contributed by atoms with van der Waals surface area (Å²) in [4.78, 5) is 15.8. The van der Waals surface area contributed by atoms with Crippen LogP contribution < -0.4 is 0 Å². The molecule has 2 heterocycles. The molecule has 20 heavy (non-hydrogen) atoms. The van der Waals surface area contributed by atoms with E-state index in [1.807, 2.05) is 6.92 Å². The Morgan fingerprint density at radius 3 is 2.60 bits per heavy atom. The molecule has 5 nitrogen and oxygen atoms in total. The molecule has 3 aromatic rings. The van der Waals surface area contributed by atoms with Crippen molar-refractivity contribution in [2.24, 2.45) is 0 Å². The molecule has 0 radical (unpaired) electrons. The lowest BCUT2D eigenvalue weighted by Crippen LogP contribution is -1.99. The molecule has 0 saturated heterocycles. The summed E-state index contributed by atoms with van der Waals surface area (Å²) in [6.07, 6.45) is 1.70. The van der Waals surface area contributed by atoms with Crippen molar-refractivity contribution in [1.82, 2.24) is 14.6 Å². The van der Waals surface area contributed by atoms with Crippen molar-refractivity contribution < 1.29 is 9.90 Å². The topological polar surface area (TPSA) is 67.5 Å². The highest BCUT2D eigenvalue weighted by Gasteiger charge is 2.21. The minimum absolute atomic E-state index is 0.0228. The van der Waals surface area contributed by atoms with Crippen LogP contribution in [0.4, 0.5) is 0 Å². The van der Waals surface area contributed by atoms with E-state index >= 15 is 0 Å². The monoisotopic (exact) mass is 287 g/mol. The van der Waals surface area contributed by atoms with Crippen molar-refractivity contribution in [3.63, 3.8) is 0 Å². The Morgan fingerprint density at radius 1 is 1.25 bits per heavy atom. The molecule has 1 N–H and O–H groups in total. The van der Waals surface area contributed by atoms with E-state index in [9.17, 15) is 9.90 Å². The second-order valence-electron chi connectivity index (χ2n) is 4.37. The van der Waals surface area contributed by atoms with Gasteiger partial charge in [0.1, 0.15) is 0 Å². The van der Waals surface area contributed by atoms with E-state index in [4.69, 9.17) is 11.6 Å². The van der Waals surface area contributed by atoms with Gasteiger partial charge in [-0.1, -0.05) is 23.7 Å². The summed E-state index contributed by atoms with van der Waals surface area (Å²) in [6.45, 7) is 1.85. The van der Waals surface area contributed by atoms with E-state index in [0.29, 0.717) is 16.2 Å². The summed E-state index contributed by atoms with van der Waals surface area (Å²) in [5, 5.41) is 14.0. The third kappa shape index (κ3) is 2.02. The number of aryl methyl sites for hydroxylation is 1. The van der Waals surface area contributed by atoms with Gasteiger partial charge in [-0.15, -0.1) is 0 Å². The van der Waals surface area contributed by atoms with Gasteiger partial charge in [0.15, 0.2) is 11.3 Å². The molecule has 0 saturated carbocycles. The van der Waals surface area contributed by atoms with Crippen molar-refractivity contribution in [3.05, 3.63) is 52.9 Å². The summed E-state index contributed by atoms with van der Waals surface area (Å²) in [5.41, 5.74) is 2.51. The molecule has 6 heteroatoms. The van der Waals surface area contributed by atoms with Crippen LogP contribution in [0, 0.1) is 6.92 Å². The zero-order valence-corrected chi connectivity index (χ0v) is 11.3. The number of rotatable bonds is 2. The molecule has 0 bridgehead atoms. The summed E-state index contributed by atoms with van der Waals surface area (Å²) in [7, 11) is 0. The normalized spacial score (nSPS) is 10.9. The minimum atomic E-state index is -1.09. The van der Waals surface area contributed by atoms with Gasteiger partial charge in [-0.05, 0) is 30.7 Å². The van der Waals surface area contributed by atoms with Crippen molar-refractivity contribution >= 4 is 23.2 Å². The van der Waals surface area contributed by atoms with Crippen LogP contribution in [-0.2, 0) is 0 Å². The number of nitrogens with zero attached hydrogens (tertiary/aromatic N) is 3. The van der Waals surface area contributed by atoms with Crippen LogP contribution in [0.1, 0.15) is 16.2 Å². The largest absolute Gasteiger partial charge is 0.476 e.